The van der Waals surface area contributed by atoms with Gasteiger partial charge in [-0.2, -0.15) is 0 Å². The first kappa shape index (κ1) is 20.5. The van der Waals surface area contributed by atoms with Gasteiger partial charge in [0.2, 0.25) is 5.91 Å². The van der Waals surface area contributed by atoms with Crippen molar-refractivity contribution in [2.45, 2.75) is 39.8 Å². The molecule has 3 amide bonds. The minimum atomic E-state index is -0.361. The maximum absolute atomic E-state index is 12.1. The third-order valence-corrected chi connectivity index (χ3v) is 4.21. The molecule has 0 bridgehead atoms. The molecule has 5 heteroatoms. The van der Waals surface area contributed by atoms with Crippen LogP contribution in [0.15, 0.2) is 54.6 Å². The van der Waals surface area contributed by atoms with Crippen molar-refractivity contribution in [1.82, 2.24) is 16.0 Å². The van der Waals surface area contributed by atoms with Crippen molar-refractivity contribution >= 4 is 11.9 Å². The maximum Gasteiger partial charge on any atom is 0.315 e. The lowest BCUT2D eigenvalue weighted by Crippen LogP contribution is -2.42. The lowest BCUT2D eigenvalue weighted by atomic mass is 10.00. The molecule has 2 rings (SSSR count). The number of amides is 3. The van der Waals surface area contributed by atoms with Crippen LogP contribution in [0.4, 0.5) is 4.79 Å². The Bertz CT molecular complexity index is 727. The molecule has 3 N–H and O–H groups in total. The number of hydrogen-bond acceptors (Lipinski definition) is 2. The summed E-state index contributed by atoms with van der Waals surface area (Å²) in [4.78, 5) is 23.9. The van der Waals surface area contributed by atoms with E-state index in [9.17, 15) is 9.59 Å². The van der Waals surface area contributed by atoms with Gasteiger partial charge in [-0.3, -0.25) is 4.79 Å². The lowest BCUT2D eigenvalue weighted by Gasteiger charge is -2.16. The van der Waals surface area contributed by atoms with Crippen molar-refractivity contribution in [1.29, 1.82) is 0 Å². The first-order chi connectivity index (χ1) is 12.9. The Hall–Kier alpha value is -2.82. The molecule has 27 heavy (non-hydrogen) atoms. The molecule has 0 aromatic heterocycles. The average molecular weight is 367 g/mol. The topological polar surface area (TPSA) is 70.2 Å². The fourth-order valence-electron chi connectivity index (χ4n) is 2.79. The number of carbonyl (C=O) groups excluding carboxylic acids is 2. The van der Waals surface area contributed by atoms with Crippen LogP contribution >= 0.6 is 0 Å². The van der Waals surface area contributed by atoms with E-state index in [1.165, 1.54) is 5.56 Å². The normalized spacial score (nSPS) is 11.7. The molecular formula is C22H29N3O2. The van der Waals surface area contributed by atoms with E-state index in [1.807, 2.05) is 49.4 Å². The third kappa shape index (κ3) is 7.52. The van der Waals surface area contributed by atoms with E-state index in [4.69, 9.17) is 0 Å². The van der Waals surface area contributed by atoms with E-state index in [-0.39, 0.29) is 24.5 Å². The van der Waals surface area contributed by atoms with E-state index in [0.717, 1.165) is 17.5 Å². The zero-order valence-corrected chi connectivity index (χ0v) is 16.3. The van der Waals surface area contributed by atoms with Crippen LogP contribution in [0.5, 0.6) is 0 Å². The van der Waals surface area contributed by atoms with Crippen molar-refractivity contribution in [2.24, 2.45) is 5.92 Å². The molecule has 0 aliphatic rings. The van der Waals surface area contributed by atoms with Crippen LogP contribution in [0.25, 0.3) is 0 Å². The molecule has 2 aromatic rings. The summed E-state index contributed by atoms with van der Waals surface area (Å²) < 4.78 is 0. The van der Waals surface area contributed by atoms with Crippen LogP contribution < -0.4 is 16.0 Å². The summed E-state index contributed by atoms with van der Waals surface area (Å²) in [7, 11) is 0. The van der Waals surface area contributed by atoms with E-state index < -0.39 is 0 Å². The Labute approximate surface area is 161 Å². The van der Waals surface area contributed by atoms with Gasteiger partial charge in [0.05, 0.1) is 12.6 Å². The molecule has 2 aromatic carbocycles. The van der Waals surface area contributed by atoms with E-state index in [2.05, 4.69) is 41.9 Å². The first-order valence-electron chi connectivity index (χ1n) is 9.38. The zero-order valence-electron chi connectivity index (χ0n) is 16.3. The van der Waals surface area contributed by atoms with Gasteiger partial charge in [-0.1, -0.05) is 68.4 Å². The summed E-state index contributed by atoms with van der Waals surface area (Å²) in [6.45, 7) is 6.69. The standard InChI is InChI=1S/C22H29N3O2/c1-16(2)13-18-9-11-20(12-10-18)17(3)25-21(26)15-24-22(27)23-14-19-7-5-4-6-8-19/h4-12,16-17H,13-15H2,1-3H3,(H,25,26)(H2,23,24,27)/t17-/m1/s1. The van der Waals surface area contributed by atoms with Crippen molar-refractivity contribution in [2.75, 3.05) is 6.54 Å². The molecule has 5 nitrogen and oxygen atoms in total. The highest BCUT2D eigenvalue weighted by molar-refractivity contribution is 5.84. The second kappa shape index (κ2) is 10.4. The Kier molecular flexibility index (Phi) is 7.86. The number of rotatable bonds is 8. The summed E-state index contributed by atoms with van der Waals surface area (Å²) in [5.74, 6) is 0.399. The molecule has 0 unspecified atom stereocenters. The minimum Gasteiger partial charge on any atom is -0.348 e. The van der Waals surface area contributed by atoms with Crippen LogP contribution in [0.3, 0.4) is 0 Å². The number of benzene rings is 2. The summed E-state index contributed by atoms with van der Waals surface area (Å²) in [6, 6.07) is 17.4. The monoisotopic (exact) mass is 367 g/mol. The first-order valence-corrected chi connectivity index (χ1v) is 9.38. The average Bonchev–Trinajstić information content (AvgIpc) is 2.65. The van der Waals surface area contributed by atoms with Gasteiger partial charge in [-0.25, -0.2) is 4.79 Å². The molecule has 1 atom stereocenters. The van der Waals surface area contributed by atoms with Crippen LogP contribution in [-0.2, 0) is 17.8 Å². The molecule has 0 fully saturated rings. The molecule has 0 radical (unpaired) electrons. The predicted molar refractivity (Wildman–Crippen MR) is 108 cm³/mol. The summed E-state index contributed by atoms with van der Waals surface area (Å²) in [6.07, 6.45) is 1.04. The van der Waals surface area contributed by atoms with Crippen molar-refractivity contribution in [3.63, 3.8) is 0 Å². The molecule has 0 aliphatic carbocycles. The fraction of sp³-hybridized carbons (Fsp3) is 0.364. The lowest BCUT2D eigenvalue weighted by molar-refractivity contribution is -0.120. The smallest absolute Gasteiger partial charge is 0.315 e. The Morgan fingerprint density at radius 2 is 1.52 bits per heavy atom. The Morgan fingerprint density at radius 1 is 0.852 bits per heavy atom. The quantitative estimate of drug-likeness (QED) is 0.668. The van der Waals surface area contributed by atoms with Crippen LogP contribution in [-0.4, -0.2) is 18.5 Å². The summed E-state index contributed by atoms with van der Waals surface area (Å²) in [5, 5.41) is 8.21. The number of carbonyl (C=O) groups is 2. The molecule has 0 saturated carbocycles. The van der Waals surface area contributed by atoms with E-state index >= 15 is 0 Å². The molecule has 144 valence electrons. The summed E-state index contributed by atoms with van der Waals surface area (Å²) in [5.41, 5.74) is 3.35. The Morgan fingerprint density at radius 3 is 2.15 bits per heavy atom. The van der Waals surface area contributed by atoms with Crippen molar-refractivity contribution < 1.29 is 9.59 Å². The van der Waals surface area contributed by atoms with Gasteiger partial charge >= 0.3 is 6.03 Å². The van der Waals surface area contributed by atoms with Gasteiger partial charge < -0.3 is 16.0 Å². The van der Waals surface area contributed by atoms with Gasteiger partial charge in [0.25, 0.3) is 0 Å². The Balaban J connectivity index is 1.72. The second-order valence-corrected chi connectivity index (χ2v) is 7.15. The highest BCUT2D eigenvalue weighted by atomic mass is 16.2. The minimum absolute atomic E-state index is 0.0591. The van der Waals surface area contributed by atoms with Gasteiger partial charge in [-0.05, 0) is 36.0 Å². The third-order valence-electron chi connectivity index (χ3n) is 4.21. The number of nitrogens with one attached hydrogen (secondary N) is 3. The summed E-state index contributed by atoms with van der Waals surface area (Å²) >= 11 is 0. The maximum atomic E-state index is 12.1. The van der Waals surface area contributed by atoms with Crippen molar-refractivity contribution in [3.05, 3.63) is 71.3 Å². The van der Waals surface area contributed by atoms with E-state index in [1.54, 1.807) is 0 Å². The second-order valence-electron chi connectivity index (χ2n) is 7.15. The van der Waals surface area contributed by atoms with Gasteiger partial charge in [0, 0.05) is 6.54 Å². The van der Waals surface area contributed by atoms with Gasteiger partial charge in [-0.15, -0.1) is 0 Å². The molecule has 0 spiro atoms. The molecule has 0 aliphatic heterocycles. The van der Waals surface area contributed by atoms with Crippen molar-refractivity contribution in [3.8, 4) is 0 Å². The highest BCUT2D eigenvalue weighted by Crippen LogP contribution is 2.15. The largest absolute Gasteiger partial charge is 0.348 e. The molecule has 0 saturated heterocycles. The van der Waals surface area contributed by atoms with Gasteiger partial charge in [0.1, 0.15) is 0 Å². The zero-order chi connectivity index (χ0) is 19.6. The fourth-order valence-corrected chi connectivity index (χ4v) is 2.79. The SMILES string of the molecule is CC(C)Cc1ccc([C@@H](C)NC(=O)CNC(=O)NCc2ccccc2)cc1. The van der Waals surface area contributed by atoms with Gasteiger partial charge in [0.15, 0.2) is 0 Å². The van der Waals surface area contributed by atoms with Crippen LogP contribution in [0.2, 0.25) is 0 Å². The molecule has 0 heterocycles. The van der Waals surface area contributed by atoms with Crippen LogP contribution in [0.1, 0.15) is 43.5 Å². The van der Waals surface area contributed by atoms with E-state index in [0.29, 0.717) is 12.5 Å². The number of hydrogen-bond donors (Lipinski definition) is 3. The highest BCUT2D eigenvalue weighted by Gasteiger charge is 2.11. The van der Waals surface area contributed by atoms with Crippen LogP contribution in [0, 0.1) is 5.92 Å². The molecular weight excluding hydrogens is 338 g/mol. The number of urea groups is 1. The predicted octanol–water partition coefficient (Wildman–Crippen LogP) is 3.56.